The minimum absolute atomic E-state index is 0.00845. The normalized spacial score (nSPS) is 12.2. The van der Waals surface area contributed by atoms with Crippen LogP contribution < -0.4 is 5.32 Å². The summed E-state index contributed by atoms with van der Waals surface area (Å²) in [6.07, 6.45) is 1.81. The molecule has 0 saturated carbocycles. The molecule has 0 saturated heterocycles. The molecule has 0 spiro atoms. The standard InChI is InChI=1S/C13H18ClNO2/c1-10(11-6-2-3-7-12(11)14)15-13(17)8-4-5-9-16/h2-3,6-7,10,16H,4-5,8-9H2,1H3,(H,15,17)/t10-/m1/s1. The van der Waals surface area contributed by atoms with Gasteiger partial charge in [0, 0.05) is 18.1 Å². The van der Waals surface area contributed by atoms with Gasteiger partial charge < -0.3 is 10.4 Å². The van der Waals surface area contributed by atoms with Gasteiger partial charge in [-0.3, -0.25) is 4.79 Å². The van der Waals surface area contributed by atoms with Crippen molar-refractivity contribution in [3.05, 3.63) is 34.9 Å². The zero-order valence-corrected chi connectivity index (χ0v) is 10.7. The lowest BCUT2D eigenvalue weighted by atomic mass is 10.1. The monoisotopic (exact) mass is 255 g/mol. The van der Waals surface area contributed by atoms with Gasteiger partial charge in [0.05, 0.1) is 6.04 Å². The molecule has 0 aliphatic heterocycles. The second-order valence-electron chi connectivity index (χ2n) is 3.99. The molecule has 1 aromatic rings. The van der Waals surface area contributed by atoms with Crippen LogP contribution in [0.4, 0.5) is 0 Å². The highest BCUT2D eigenvalue weighted by molar-refractivity contribution is 6.31. The van der Waals surface area contributed by atoms with E-state index < -0.39 is 0 Å². The Kier molecular flexibility index (Phi) is 6.01. The highest BCUT2D eigenvalue weighted by atomic mass is 35.5. The summed E-state index contributed by atoms with van der Waals surface area (Å²) in [5.74, 6) is -0.00845. The van der Waals surface area contributed by atoms with Crippen LogP contribution in [0.15, 0.2) is 24.3 Å². The molecule has 0 unspecified atom stereocenters. The van der Waals surface area contributed by atoms with Crippen LogP contribution in [0.25, 0.3) is 0 Å². The summed E-state index contributed by atoms with van der Waals surface area (Å²) in [6, 6.07) is 7.38. The van der Waals surface area contributed by atoms with E-state index in [1.54, 1.807) is 0 Å². The maximum Gasteiger partial charge on any atom is 0.220 e. The molecule has 0 aliphatic rings. The van der Waals surface area contributed by atoms with Gasteiger partial charge >= 0.3 is 0 Å². The van der Waals surface area contributed by atoms with E-state index in [2.05, 4.69) is 5.32 Å². The fourth-order valence-electron chi connectivity index (χ4n) is 1.62. The molecule has 0 aromatic heterocycles. The number of aliphatic hydroxyl groups excluding tert-OH is 1. The van der Waals surface area contributed by atoms with Gasteiger partial charge in [-0.15, -0.1) is 0 Å². The molecule has 4 heteroatoms. The fourth-order valence-corrected chi connectivity index (χ4v) is 1.91. The van der Waals surface area contributed by atoms with Crippen molar-refractivity contribution in [2.24, 2.45) is 0 Å². The van der Waals surface area contributed by atoms with Crippen molar-refractivity contribution in [1.82, 2.24) is 5.32 Å². The van der Waals surface area contributed by atoms with Gasteiger partial charge in [-0.1, -0.05) is 29.8 Å². The van der Waals surface area contributed by atoms with Gasteiger partial charge in [-0.25, -0.2) is 0 Å². The van der Waals surface area contributed by atoms with Crippen molar-refractivity contribution in [3.63, 3.8) is 0 Å². The highest BCUT2D eigenvalue weighted by Crippen LogP contribution is 2.22. The van der Waals surface area contributed by atoms with Crippen LogP contribution in [-0.2, 0) is 4.79 Å². The van der Waals surface area contributed by atoms with Gasteiger partial charge in [-0.2, -0.15) is 0 Å². The zero-order valence-electron chi connectivity index (χ0n) is 9.95. The van der Waals surface area contributed by atoms with Gasteiger partial charge in [0.1, 0.15) is 0 Å². The molecule has 0 bridgehead atoms. The Bertz CT molecular complexity index is 368. The Morgan fingerprint density at radius 3 is 2.76 bits per heavy atom. The lowest BCUT2D eigenvalue weighted by molar-refractivity contribution is -0.121. The van der Waals surface area contributed by atoms with E-state index in [9.17, 15) is 4.79 Å². The second-order valence-corrected chi connectivity index (χ2v) is 4.40. The Hall–Kier alpha value is -1.06. The number of aliphatic hydroxyl groups is 1. The Morgan fingerprint density at radius 2 is 2.12 bits per heavy atom. The predicted molar refractivity (Wildman–Crippen MR) is 68.9 cm³/mol. The van der Waals surface area contributed by atoms with Crippen molar-refractivity contribution < 1.29 is 9.90 Å². The number of halogens is 1. The van der Waals surface area contributed by atoms with Gasteiger partial charge in [0.25, 0.3) is 0 Å². The SMILES string of the molecule is C[C@@H](NC(=O)CCCCO)c1ccccc1Cl. The average molecular weight is 256 g/mol. The van der Waals surface area contributed by atoms with Crippen LogP contribution in [0.5, 0.6) is 0 Å². The molecule has 1 atom stereocenters. The van der Waals surface area contributed by atoms with E-state index in [0.29, 0.717) is 24.3 Å². The summed E-state index contributed by atoms with van der Waals surface area (Å²) in [5, 5.41) is 12.2. The molecule has 0 fully saturated rings. The summed E-state index contributed by atoms with van der Waals surface area (Å²) >= 11 is 6.04. The number of carbonyl (C=O) groups is 1. The van der Waals surface area contributed by atoms with Crippen LogP contribution in [-0.4, -0.2) is 17.6 Å². The van der Waals surface area contributed by atoms with Crippen molar-refractivity contribution >= 4 is 17.5 Å². The Labute approximate surface area is 107 Å². The molecule has 0 heterocycles. The Balaban J connectivity index is 2.46. The van der Waals surface area contributed by atoms with Crippen LogP contribution >= 0.6 is 11.6 Å². The van der Waals surface area contributed by atoms with Gasteiger partial charge in [0.2, 0.25) is 5.91 Å². The van der Waals surface area contributed by atoms with Crippen LogP contribution in [0, 0.1) is 0 Å². The van der Waals surface area contributed by atoms with E-state index in [4.69, 9.17) is 16.7 Å². The molecular weight excluding hydrogens is 238 g/mol. The number of rotatable bonds is 6. The van der Waals surface area contributed by atoms with Crippen LogP contribution in [0.2, 0.25) is 5.02 Å². The van der Waals surface area contributed by atoms with E-state index in [1.165, 1.54) is 0 Å². The van der Waals surface area contributed by atoms with Crippen molar-refractivity contribution in [1.29, 1.82) is 0 Å². The second kappa shape index (κ2) is 7.30. The molecule has 0 radical (unpaired) electrons. The van der Waals surface area contributed by atoms with E-state index in [0.717, 1.165) is 5.56 Å². The third-order valence-electron chi connectivity index (χ3n) is 2.56. The van der Waals surface area contributed by atoms with E-state index >= 15 is 0 Å². The summed E-state index contributed by atoms with van der Waals surface area (Å²) in [5.41, 5.74) is 0.921. The number of carbonyl (C=O) groups excluding carboxylic acids is 1. The first-order valence-electron chi connectivity index (χ1n) is 5.79. The Morgan fingerprint density at radius 1 is 1.41 bits per heavy atom. The van der Waals surface area contributed by atoms with E-state index in [-0.39, 0.29) is 18.6 Å². The quantitative estimate of drug-likeness (QED) is 0.768. The molecule has 2 N–H and O–H groups in total. The summed E-state index contributed by atoms with van der Waals surface area (Å²) < 4.78 is 0. The average Bonchev–Trinajstić information content (AvgIpc) is 2.29. The smallest absolute Gasteiger partial charge is 0.220 e. The topological polar surface area (TPSA) is 49.3 Å². The molecule has 1 amide bonds. The molecular formula is C13H18ClNO2. The molecule has 0 aliphatic carbocycles. The molecule has 17 heavy (non-hydrogen) atoms. The minimum atomic E-state index is -0.0923. The molecule has 3 nitrogen and oxygen atoms in total. The van der Waals surface area contributed by atoms with Crippen molar-refractivity contribution in [2.45, 2.75) is 32.2 Å². The number of nitrogens with one attached hydrogen (secondary N) is 1. The lowest BCUT2D eigenvalue weighted by Gasteiger charge is -2.15. The summed E-state index contributed by atoms with van der Waals surface area (Å²) in [7, 11) is 0. The number of hydrogen-bond donors (Lipinski definition) is 2. The third kappa shape index (κ3) is 4.75. The van der Waals surface area contributed by atoms with E-state index in [1.807, 2.05) is 31.2 Å². The maximum atomic E-state index is 11.6. The first kappa shape index (κ1) is 14.0. The predicted octanol–water partition coefficient (Wildman–Crippen LogP) is 2.68. The summed E-state index contributed by atoms with van der Waals surface area (Å²) in [4.78, 5) is 11.6. The number of amides is 1. The first-order chi connectivity index (χ1) is 8.15. The van der Waals surface area contributed by atoms with Crippen LogP contribution in [0.3, 0.4) is 0 Å². The highest BCUT2D eigenvalue weighted by Gasteiger charge is 2.11. The number of hydrogen-bond acceptors (Lipinski definition) is 2. The largest absolute Gasteiger partial charge is 0.396 e. The zero-order chi connectivity index (χ0) is 12.7. The number of unbranched alkanes of at least 4 members (excludes halogenated alkanes) is 1. The summed E-state index contributed by atoms with van der Waals surface area (Å²) in [6.45, 7) is 2.04. The molecule has 1 aromatic carbocycles. The van der Waals surface area contributed by atoms with Crippen LogP contribution in [0.1, 0.15) is 37.8 Å². The fraction of sp³-hybridized carbons (Fsp3) is 0.462. The minimum Gasteiger partial charge on any atom is -0.396 e. The lowest BCUT2D eigenvalue weighted by Crippen LogP contribution is -2.26. The molecule has 1 rings (SSSR count). The number of benzene rings is 1. The maximum absolute atomic E-state index is 11.6. The van der Waals surface area contributed by atoms with Crippen molar-refractivity contribution in [2.75, 3.05) is 6.61 Å². The third-order valence-corrected chi connectivity index (χ3v) is 2.91. The van der Waals surface area contributed by atoms with Crippen molar-refractivity contribution in [3.8, 4) is 0 Å². The van der Waals surface area contributed by atoms with Gasteiger partial charge in [0.15, 0.2) is 0 Å². The molecule has 94 valence electrons. The first-order valence-corrected chi connectivity index (χ1v) is 6.17. The van der Waals surface area contributed by atoms with Gasteiger partial charge in [-0.05, 0) is 31.4 Å².